The number of rotatable bonds is 2. The van der Waals surface area contributed by atoms with E-state index in [2.05, 4.69) is 0 Å². The highest BCUT2D eigenvalue weighted by atomic mass is 16.2. The molecule has 0 fully saturated rings. The van der Waals surface area contributed by atoms with Crippen LogP contribution < -0.4 is 9.80 Å². The Morgan fingerprint density at radius 1 is 0.625 bits per heavy atom. The number of anilines is 2. The maximum atomic E-state index is 12.4. The van der Waals surface area contributed by atoms with Crippen molar-refractivity contribution in [2.24, 2.45) is 0 Å². The van der Waals surface area contributed by atoms with E-state index in [9.17, 15) is 19.2 Å². The summed E-state index contributed by atoms with van der Waals surface area (Å²) in [5.74, 6) is -1.84. The number of hydrogen-bond donors (Lipinski definition) is 0. The number of hydrogen-bond acceptors (Lipinski definition) is 4. The predicted molar refractivity (Wildman–Crippen MR) is 88.4 cm³/mol. The van der Waals surface area contributed by atoms with Crippen molar-refractivity contribution < 1.29 is 19.2 Å². The molecule has 4 amide bonds. The first-order chi connectivity index (χ1) is 11.2. The first kappa shape index (κ1) is 15.9. The summed E-state index contributed by atoms with van der Waals surface area (Å²) in [6, 6.07) is 3.52. The summed E-state index contributed by atoms with van der Waals surface area (Å²) in [5, 5.41) is 0. The third kappa shape index (κ3) is 2.11. The summed E-state index contributed by atoms with van der Waals surface area (Å²) in [6.07, 6.45) is 2.51. The number of carbonyl (C=O) groups excluding carboxylic acids is 4. The second-order valence-corrected chi connectivity index (χ2v) is 6.01. The SMILES string of the molecule is CC1=CC(=O)N(c2c(C)ccc(C)c2N2C(=O)C=C(C)C2=O)C1=O. The van der Waals surface area contributed by atoms with Crippen LogP contribution in [0.3, 0.4) is 0 Å². The molecule has 0 aromatic heterocycles. The molecule has 0 N–H and O–H groups in total. The molecule has 2 heterocycles. The van der Waals surface area contributed by atoms with Crippen LogP contribution in [-0.2, 0) is 19.2 Å². The molecule has 6 nitrogen and oxygen atoms in total. The van der Waals surface area contributed by atoms with Gasteiger partial charge in [-0.05, 0) is 38.8 Å². The van der Waals surface area contributed by atoms with Gasteiger partial charge in [0.1, 0.15) is 0 Å². The maximum absolute atomic E-state index is 12.4. The summed E-state index contributed by atoms with van der Waals surface area (Å²) >= 11 is 0. The molecule has 0 bridgehead atoms. The van der Waals surface area contributed by atoms with Gasteiger partial charge < -0.3 is 0 Å². The molecule has 0 radical (unpaired) electrons. The van der Waals surface area contributed by atoms with Crippen molar-refractivity contribution in [2.75, 3.05) is 9.80 Å². The monoisotopic (exact) mass is 324 g/mol. The van der Waals surface area contributed by atoms with Crippen molar-refractivity contribution in [1.82, 2.24) is 0 Å². The van der Waals surface area contributed by atoms with Crippen LogP contribution >= 0.6 is 0 Å². The maximum Gasteiger partial charge on any atom is 0.261 e. The Morgan fingerprint density at radius 2 is 0.958 bits per heavy atom. The summed E-state index contributed by atoms with van der Waals surface area (Å²) in [6.45, 7) is 6.58. The van der Waals surface area contributed by atoms with E-state index in [0.29, 0.717) is 22.3 Å². The lowest BCUT2D eigenvalue weighted by molar-refractivity contribution is -0.122. The lowest BCUT2D eigenvalue weighted by Gasteiger charge is -2.27. The van der Waals surface area contributed by atoms with Gasteiger partial charge in [-0.15, -0.1) is 0 Å². The zero-order valence-electron chi connectivity index (χ0n) is 13.8. The molecule has 24 heavy (non-hydrogen) atoms. The van der Waals surface area contributed by atoms with Gasteiger partial charge in [-0.25, -0.2) is 9.80 Å². The van der Waals surface area contributed by atoms with E-state index in [4.69, 9.17) is 0 Å². The fraction of sp³-hybridized carbons (Fsp3) is 0.222. The number of carbonyl (C=O) groups is 4. The second kappa shape index (κ2) is 5.26. The van der Waals surface area contributed by atoms with Gasteiger partial charge in [-0.3, -0.25) is 19.2 Å². The van der Waals surface area contributed by atoms with Crippen LogP contribution in [-0.4, -0.2) is 23.6 Å². The topological polar surface area (TPSA) is 74.8 Å². The Hall–Kier alpha value is -3.02. The Balaban J connectivity index is 2.24. The molecule has 0 spiro atoms. The zero-order chi connectivity index (χ0) is 17.8. The lowest BCUT2D eigenvalue weighted by atomic mass is 10.0. The fourth-order valence-corrected chi connectivity index (χ4v) is 2.95. The van der Waals surface area contributed by atoms with E-state index < -0.39 is 23.6 Å². The van der Waals surface area contributed by atoms with Crippen LogP contribution in [0.5, 0.6) is 0 Å². The molecule has 122 valence electrons. The Bertz CT molecular complexity index is 820. The predicted octanol–water partition coefficient (Wildman–Crippen LogP) is 1.94. The van der Waals surface area contributed by atoms with E-state index in [-0.39, 0.29) is 11.4 Å². The number of nitrogens with zero attached hydrogens (tertiary/aromatic N) is 2. The minimum Gasteiger partial charge on any atom is -0.269 e. The van der Waals surface area contributed by atoms with Gasteiger partial charge in [0.05, 0.1) is 11.4 Å². The molecule has 2 aliphatic rings. The second-order valence-electron chi connectivity index (χ2n) is 6.01. The van der Waals surface area contributed by atoms with E-state index in [1.54, 1.807) is 39.8 Å². The lowest BCUT2D eigenvalue weighted by Crippen LogP contribution is -2.37. The molecule has 0 unspecified atom stereocenters. The normalized spacial score (nSPS) is 17.8. The van der Waals surface area contributed by atoms with Gasteiger partial charge in [-0.2, -0.15) is 0 Å². The molecular formula is C18H16N2O4. The van der Waals surface area contributed by atoms with Crippen molar-refractivity contribution in [3.63, 3.8) is 0 Å². The van der Waals surface area contributed by atoms with E-state index in [0.717, 1.165) is 9.80 Å². The van der Waals surface area contributed by atoms with Crippen molar-refractivity contribution in [3.05, 3.63) is 46.6 Å². The van der Waals surface area contributed by atoms with E-state index >= 15 is 0 Å². The van der Waals surface area contributed by atoms with Gasteiger partial charge in [0.25, 0.3) is 23.6 Å². The summed E-state index contributed by atoms with van der Waals surface area (Å²) in [4.78, 5) is 51.4. The Labute approximate surface area is 139 Å². The smallest absolute Gasteiger partial charge is 0.261 e. The highest BCUT2D eigenvalue weighted by Crippen LogP contribution is 2.40. The summed E-state index contributed by atoms with van der Waals surface area (Å²) in [5.41, 5.74) is 2.46. The summed E-state index contributed by atoms with van der Waals surface area (Å²) in [7, 11) is 0. The molecule has 0 atom stereocenters. The minimum absolute atomic E-state index is 0.280. The molecule has 2 aliphatic heterocycles. The number of aryl methyl sites for hydroxylation is 2. The van der Waals surface area contributed by atoms with Gasteiger partial charge >= 0.3 is 0 Å². The molecule has 3 rings (SSSR count). The number of imide groups is 2. The Morgan fingerprint density at radius 3 is 1.21 bits per heavy atom. The zero-order valence-corrected chi connectivity index (χ0v) is 13.8. The van der Waals surface area contributed by atoms with Crippen molar-refractivity contribution >= 4 is 35.0 Å². The highest BCUT2D eigenvalue weighted by Gasteiger charge is 2.38. The molecule has 1 aromatic rings. The Kier molecular flexibility index (Phi) is 3.48. The third-order valence-corrected chi connectivity index (χ3v) is 4.20. The van der Waals surface area contributed by atoms with Crippen LogP contribution in [0.4, 0.5) is 11.4 Å². The van der Waals surface area contributed by atoms with Crippen molar-refractivity contribution in [1.29, 1.82) is 0 Å². The van der Waals surface area contributed by atoms with E-state index in [1.165, 1.54) is 12.2 Å². The average Bonchev–Trinajstić information content (AvgIpc) is 2.90. The molecular weight excluding hydrogens is 308 g/mol. The van der Waals surface area contributed by atoms with Crippen LogP contribution in [0, 0.1) is 13.8 Å². The van der Waals surface area contributed by atoms with Gasteiger partial charge in [0.2, 0.25) is 0 Å². The first-order valence-electron chi connectivity index (χ1n) is 7.47. The van der Waals surface area contributed by atoms with E-state index in [1.807, 2.05) is 0 Å². The standard InChI is InChI=1S/C18H16N2O4/c1-9-5-6-10(2)16(20-14(22)8-12(4)18(20)24)15(9)19-13(21)7-11(3)17(19)23/h5-8H,1-4H3. The highest BCUT2D eigenvalue weighted by molar-refractivity contribution is 6.35. The number of amides is 4. The molecule has 6 heteroatoms. The van der Waals surface area contributed by atoms with Crippen molar-refractivity contribution in [2.45, 2.75) is 27.7 Å². The third-order valence-electron chi connectivity index (χ3n) is 4.20. The van der Waals surface area contributed by atoms with Crippen LogP contribution in [0.15, 0.2) is 35.4 Å². The number of benzene rings is 1. The van der Waals surface area contributed by atoms with Crippen LogP contribution in [0.2, 0.25) is 0 Å². The molecule has 0 saturated heterocycles. The fourth-order valence-electron chi connectivity index (χ4n) is 2.95. The molecule has 0 aliphatic carbocycles. The van der Waals surface area contributed by atoms with Crippen LogP contribution in [0.1, 0.15) is 25.0 Å². The largest absolute Gasteiger partial charge is 0.269 e. The summed E-state index contributed by atoms with van der Waals surface area (Å²) < 4.78 is 0. The molecule has 1 aromatic carbocycles. The van der Waals surface area contributed by atoms with Gasteiger partial charge in [-0.1, -0.05) is 12.1 Å². The first-order valence-corrected chi connectivity index (χ1v) is 7.47. The van der Waals surface area contributed by atoms with Gasteiger partial charge in [0.15, 0.2) is 0 Å². The van der Waals surface area contributed by atoms with Crippen molar-refractivity contribution in [3.8, 4) is 0 Å². The quantitative estimate of drug-likeness (QED) is 0.779. The minimum atomic E-state index is -0.476. The van der Waals surface area contributed by atoms with Crippen LogP contribution in [0.25, 0.3) is 0 Å². The molecule has 0 saturated carbocycles. The van der Waals surface area contributed by atoms with Gasteiger partial charge in [0, 0.05) is 23.3 Å². The average molecular weight is 324 g/mol.